The van der Waals surface area contributed by atoms with Crippen LogP contribution < -0.4 is 10.6 Å². The highest BCUT2D eigenvalue weighted by atomic mass is 16.2. The fraction of sp³-hybridized carbons (Fsp3) is 0.438. The fourth-order valence-corrected chi connectivity index (χ4v) is 2.64. The van der Waals surface area contributed by atoms with E-state index in [0.29, 0.717) is 11.5 Å². The summed E-state index contributed by atoms with van der Waals surface area (Å²) in [5.74, 6) is 0.258. The Kier molecular flexibility index (Phi) is 4.09. The van der Waals surface area contributed by atoms with Crippen molar-refractivity contribution in [3.05, 3.63) is 35.4 Å². The summed E-state index contributed by atoms with van der Waals surface area (Å²) in [6.07, 6.45) is 3.63. The Balaban J connectivity index is 1.62. The Morgan fingerprint density at radius 2 is 2.14 bits per heavy atom. The molecule has 2 aliphatic rings. The van der Waals surface area contributed by atoms with Crippen molar-refractivity contribution < 1.29 is 14.4 Å². The van der Waals surface area contributed by atoms with Gasteiger partial charge in [-0.05, 0) is 36.5 Å². The summed E-state index contributed by atoms with van der Waals surface area (Å²) in [7, 11) is 0. The van der Waals surface area contributed by atoms with Crippen molar-refractivity contribution in [2.45, 2.75) is 25.8 Å². The van der Waals surface area contributed by atoms with Gasteiger partial charge in [0, 0.05) is 12.1 Å². The number of urea groups is 1. The molecule has 1 aromatic carbocycles. The molecule has 1 aromatic rings. The molecule has 2 fully saturated rings. The molecule has 1 heterocycles. The summed E-state index contributed by atoms with van der Waals surface area (Å²) in [6.45, 7) is 0.949. The van der Waals surface area contributed by atoms with E-state index in [0.717, 1.165) is 17.0 Å². The third-order valence-corrected chi connectivity index (χ3v) is 4.24. The normalized spacial score (nSPS) is 18.1. The molecule has 1 aliphatic carbocycles. The molecule has 3 rings (SSSR count). The number of rotatable bonds is 5. The molecule has 22 heavy (non-hydrogen) atoms. The molecule has 2 N–H and O–H groups in total. The second-order valence-corrected chi connectivity index (χ2v) is 5.85. The van der Waals surface area contributed by atoms with Crippen LogP contribution in [-0.2, 0) is 11.3 Å². The number of imide groups is 1. The highest BCUT2D eigenvalue weighted by Gasteiger charge is 2.28. The van der Waals surface area contributed by atoms with Crippen LogP contribution in [0.5, 0.6) is 0 Å². The van der Waals surface area contributed by atoms with Gasteiger partial charge in [-0.3, -0.25) is 14.5 Å². The molecular weight excluding hydrogens is 282 g/mol. The number of amides is 4. The zero-order valence-electron chi connectivity index (χ0n) is 12.3. The molecule has 0 aromatic heterocycles. The maximum absolute atomic E-state index is 12.1. The number of hydrogen-bond acceptors (Lipinski definition) is 3. The molecule has 6 nitrogen and oxygen atoms in total. The quantitative estimate of drug-likeness (QED) is 0.804. The average Bonchev–Trinajstić information content (AvgIpc) is 2.78. The number of carbonyl (C=O) groups excluding carboxylic acids is 3. The number of nitrogens with one attached hydrogen (secondary N) is 2. The zero-order chi connectivity index (χ0) is 15.5. The van der Waals surface area contributed by atoms with E-state index in [-0.39, 0.29) is 30.9 Å². The minimum Gasteiger partial charge on any atom is -0.352 e. The van der Waals surface area contributed by atoms with Crippen LogP contribution in [0, 0.1) is 5.92 Å². The van der Waals surface area contributed by atoms with Crippen molar-refractivity contribution in [2.75, 3.05) is 13.1 Å². The Morgan fingerprint density at radius 3 is 2.77 bits per heavy atom. The van der Waals surface area contributed by atoms with Gasteiger partial charge in [0.2, 0.25) is 5.91 Å². The van der Waals surface area contributed by atoms with Crippen molar-refractivity contribution in [2.24, 2.45) is 5.92 Å². The minimum atomic E-state index is -0.384. The first kappa shape index (κ1) is 14.6. The van der Waals surface area contributed by atoms with E-state index in [2.05, 4.69) is 10.6 Å². The molecular formula is C16H19N3O3. The first-order chi connectivity index (χ1) is 10.6. The van der Waals surface area contributed by atoms with Crippen molar-refractivity contribution in [1.29, 1.82) is 0 Å². The van der Waals surface area contributed by atoms with Gasteiger partial charge in [-0.25, -0.2) is 4.79 Å². The van der Waals surface area contributed by atoms with E-state index >= 15 is 0 Å². The molecule has 6 heteroatoms. The van der Waals surface area contributed by atoms with E-state index in [1.54, 1.807) is 18.2 Å². The lowest BCUT2D eigenvalue weighted by molar-refractivity contribution is -0.125. The van der Waals surface area contributed by atoms with Gasteiger partial charge in [0.05, 0.1) is 13.1 Å². The zero-order valence-corrected chi connectivity index (χ0v) is 12.3. The van der Waals surface area contributed by atoms with Crippen molar-refractivity contribution in [3.63, 3.8) is 0 Å². The summed E-state index contributed by atoms with van der Waals surface area (Å²) in [5.41, 5.74) is 1.32. The van der Waals surface area contributed by atoms with E-state index in [4.69, 9.17) is 0 Å². The monoisotopic (exact) mass is 301 g/mol. The highest BCUT2D eigenvalue weighted by molar-refractivity contribution is 6.02. The summed E-state index contributed by atoms with van der Waals surface area (Å²) >= 11 is 0. The van der Waals surface area contributed by atoms with Gasteiger partial charge in [-0.15, -0.1) is 0 Å². The summed E-state index contributed by atoms with van der Waals surface area (Å²) in [4.78, 5) is 36.4. The Labute approximate surface area is 128 Å². The van der Waals surface area contributed by atoms with Gasteiger partial charge >= 0.3 is 6.03 Å². The molecule has 0 radical (unpaired) electrons. The summed E-state index contributed by atoms with van der Waals surface area (Å²) < 4.78 is 0. The molecule has 0 atom stereocenters. The summed E-state index contributed by atoms with van der Waals surface area (Å²) in [5, 5.41) is 5.42. The van der Waals surface area contributed by atoms with Crippen LogP contribution in [0.3, 0.4) is 0 Å². The standard InChI is InChI=1S/C16H19N3O3/c20-14-9-18-16(22)19(14)10-12-5-2-6-13(7-12)15(21)17-8-11-3-1-4-11/h2,5-7,11H,1,3-4,8-10H2,(H,17,21)(H,18,22). The van der Waals surface area contributed by atoms with Crippen molar-refractivity contribution >= 4 is 17.8 Å². The molecule has 1 saturated carbocycles. The van der Waals surface area contributed by atoms with Crippen molar-refractivity contribution in [3.8, 4) is 0 Å². The highest BCUT2D eigenvalue weighted by Crippen LogP contribution is 2.25. The van der Waals surface area contributed by atoms with Gasteiger partial charge < -0.3 is 10.6 Å². The van der Waals surface area contributed by atoms with Crippen LogP contribution in [-0.4, -0.2) is 35.8 Å². The third kappa shape index (κ3) is 3.10. The molecule has 1 saturated heterocycles. The number of hydrogen-bond donors (Lipinski definition) is 2. The predicted octanol–water partition coefficient (Wildman–Crippen LogP) is 1.27. The van der Waals surface area contributed by atoms with Gasteiger partial charge in [0.25, 0.3) is 5.91 Å². The molecule has 116 valence electrons. The smallest absolute Gasteiger partial charge is 0.324 e. The lowest BCUT2D eigenvalue weighted by atomic mass is 9.85. The Morgan fingerprint density at radius 1 is 1.32 bits per heavy atom. The van der Waals surface area contributed by atoms with Crippen LogP contribution >= 0.6 is 0 Å². The van der Waals surface area contributed by atoms with E-state index in [1.807, 2.05) is 6.07 Å². The predicted molar refractivity (Wildman–Crippen MR) is 80.1 cm³/mol. The fourth-order valence-electron chi connectivity index (χ4n) is 2.64. The van der Waals surface area contributed by atoms with Crippen LogP contribution in [0.25, 0.3) is 0 Å². The van der Waals surface area contributed by atoms with Crippen molar-refractivity contribution in [1.82, 2.24) is 15.5 Å². The number of carbonyl (C=O) groups is 3. The first-order valence-electron chi connectivity index (χ1n) is 7.59. The maximum atomic E-state index is 12.1. The van der Waals surface area contributed by atoms with Crippen LogP contribution in [0.15, 0.2) is 24.3 Å². The maximum Gasteiger partial charge on any atom is 0.324 e. The van der Waals surface area contributed by atoms with Gasteiger partial charge in [0.1, 0.15) is 0 Å². The largest absolute Gasteiger partial charge is 0.352 e. The van der Waals surface area contributed by atoms with E-state index in [1.165, 1.54) is 19.3 Å². The van der Waals surface area contributed by atoms with E-state index < -0.39 is 0 Å². The molecule has 0 unspecified atom stereocenters. The molecule has 4 amide bonds. The lowest BCUT2D eigenvalue weighted by Gasteiger charge is -2.25. The van der Waals surface area contributed by atoms with E-state index in [9.17, 15) is 14.4 Å². The molecule has 1 aliphatic heterocycles. The second kappa shape index (κ2) is 6.17. The molecule has 0 spiro atoms. The first-order valence-corrected chi connectivity index (χ1v) is 7.59. The SMILES string of the molecule is O=C(NCC1CCC1)c1cccc(CN2C(=O)CNC2=O)c1. The molecule has 0 bridgehead atoms. The Bertz CT molecular complexity index is 594. The van der Waals surface area contributed by atoms with Crippen LogP contribution in [0.2, 0.25) is 0 Å². The third-order valence-electron chi connectivity index (χ3n) is 4.24. The van der Waals surface area contributed by atoms with Gasteiger partial charge in [-0.2, -0.15) is 0 Å². The number of nitrogens with zero attached hydrogens (tertiary/aromatic N) is 1. The van der Waals surface area contributed by atoms with Crippen LogP contribution in [0.4, 0.5) is 4.79 Å². The van der Waals surface area contributed by atoms with Gasteiger partial charge in [0.15, 0.2) is 0 Å². The number of benzene rings is 1. The Hall–Kier alpha value is -2.37. The topological polar surface area (TPSA) is 78.5 Å². The summed E-state index contributed by atoms with van der Waals surface area (Å²) in [6, 6.07) is 6.67. The lowest BCUT2D eigenvalue weighted by Crippen LogP contribution is -2.32. The average molecular weight is 301 g/mol. The van der Waals surface area contributed by atoms with Gasteiger partial charge in [-0.1, -0.05) is 18.6 Å². The minimum absolute atomic E-state index is 0.0421. The second-order valence-electron chi connectivity index (χ2n) is 5.85. The van der Waals surface area contributed by atoms with Crippen LogP contribution in [0.1, 0.15) is 35.2 Å².